The molecule has 2 rings (SSSR count). The van der Waals surface area contributed by atoms with Gasteiger partial charge in [-0.1, -0.05) is 27.5 Å². The molecule has 6 heteroatoms. The number of halogens is 3. The number of nitrogens with two attached hydrogens (primary N) is 1. The summed E-state index contributed by atoms with van der Waals surface area (Å²) < 4.78 is 15.5. The zero-order valence-electron chi connectivity index (χ0n) is 8.99. The molecule has 1 heterocycles. The van der Waals surface area contributed by atoms with Crippen molar-refractivity contribution < 1.29 is 4.39 Å². The monoisotopic (exact) mass is 317 g/mol. The lowest BCUT2D eigenvalue weighted by atomic mass is 10.0. The van der Waals surface area contributed by atoms with Gasteiger partial charge in [-0.25, -0.2) is 4.39 Å². The molecule has 0 amide bonds. The zero-order chi connectivity index (χ0) is 12.6. The molecule has 0 aliphatic rings. The number of benzene rings is 1. The summed E-state index contributed by atoms with van der Waals surface area (Å²) >= 11 is 9.23. The largest absolute Gasteiger partial charge is 0.319 e. The molecule has 0 saturated carbocycles. The van der Waals surface area contributed by atoms with Gasteiger partial charge in [0.05, 0.1) is 23.0 Å². The van der Waals surface area contributed by atoms with Crippen molar-refractivity contribution in [1.29, 1.82) is 0 Å². The van der Waals surface area contributed by atoms with Crippen molar-refractivity contribution in [1.82, 2.24) is 9.78 Å². The number of rotatable bonds is 2. The van der Waals surface area contributed by atoms with Crippen molar-refractivity contribution in [3.8, 4) is 0 Å². The summed E-state index contributed by atoms with van der Waals surface area (Å²) in [5.41, 5.74) is 7.37. The molecule has 0 spiro atoms. The molecule has 3 nitrogen and oxygen atoms in total. The van der Waals surface area contributed by atoms with Gasteiger partial charge in [0, 0.05) is 11.5 Å². The van der Waals surface area contributed by atoms with Gasteiger partial charge >= 0.3 is 0 Å². The van der Waals surface area contributed by atoms with Gasteiger partial charge in [0.2, 0.25) is 0 Å². The molecule has 0 aliphatic carbocycles. The van der Waals surface area contributed by atoms with Crippen LogP contribution in [-0.2, 0) is 7.05 Å². The maximum absolute atomic E-state index is 13.3. The second kappa shape index (κ2) is 4.76. The summed E-state index contributed by atoms with van der Waals surface area (Å²) in [5.74, 6) is -0.344. The topological polar surface area (TPSA) is 43.8 Å². The molecule has 2 aromatic rings. The Labute approximate surface area is 112 Å². The summed E-state index contributed by atoms with van der Waals surface area (Å²) in [6.45, 7) is 0. The maximum atomic E-state index is 13.3. The number of hydrogen-bond donors (Lipinski definition) is 1. The van der Waals surface area contributed by atoms with Crippen LogP contribution in [0.5, 0.6) is 0 Å². The van der Waals surface area contributed by atoms with Crippen LogP contribution in [0.4, 0.5) is 4.39 Å². The first kappa shape index (κ1) is 12.5. The molecule has 0 radical (unpaired) electrons. The van der Waals surface area contributed by atoms with Crippen molar-refractivity contribution in [3.63, 3.8) is 0 Å². The van der Waals surface area contributed by atoms with E-state index in [1.54, 1.807) is 17.8 Å². The van der Waals surface area contributed by atoms with Gasteiger partial charge in [0.25, 0.3) is 0 Å². The highest BCUT2D eigenvalue weighted by atomic mass is 79.9. The number of hydrogen-bond acceptors (Lipinski definition) is 2. The van der Waals surface area contributed by atoms with E-state index in [1.165, 1.54) is 18.3 Å². The van der Waals surface area contributed by atoms with Crippen LogP contribution in [0.25, 0.3) is 0 Å². The Morgan fingerprint density at radius 1 is 1.47 bits per heavy atom. The van der Waals surface area contributed by atoms with Crippen LogP contribution in [-0.4, -0.2) is 9.78 Å². The van der Waals surface area contributed by atoms with E-state index in [9.17, 15) is 4.39 Å². The minimum absolute atomic E-state index is 0.344. The van der Waals surface area contributed by atoms with E-state index in [2.05, 4.69) is 21.0 Å². The van der Waals surface area contributed by atoms with Crippen molar-refractivity contribution in [2.24, 2.45) is 12.8 Å². The lowest BCUT2D eigenvalue weighted by molar-refractivity contribution is 0.618. The minimum Gasteiger partial charge on any atom is -0.319 e. The standard InChI is InChI=1S/C11H10BrClFN3/c1-17-11(9(13)5-16-17)10(15)6-2-7(12)4-8(14)3-6/h2-5,10H,15H2,1H3. The normalized spacial score (nSPS) is 12.8. The van der Waals surface area contributed by atoms with Gasteiger partial charge in [0.1, 0.15) is 5.82 Å². The Bertz CT molecular complexity index is 516. The van der Waals surface area contributed by atoms with Crippen molar-refractivity contribution in [2.45, 2.75) is 6.04 Å². The smallest absolute Gasteiger partial charge is 0.124 e. The van der Waals surface area contributed by atoms with Gasteiger partial charge in [-0.3, -0.25) is 4.68 Å². The van der Waals surface area contributed by atoms with E-state index >= 15 is 0 Å². The van der Waals surface area contributed by atoms with Crippen LogP contribution in [0.3, 0.4) is 0 Å². The lowest BCUT2D eigenvalue weighted by Crippen LogP contribution is -2.16. The van der Waals surface area contributed by atoms with Gasteiger partial charge in [-0.15, -0.1) is 0 Å². The summed E-state index contributed by atoms with van der Waals surface area (Å²) in [6.07, 6.45) is 1.52. The fraction of sp³-hybridized carbons (Fsp3) is 0.182. The molecular formula is C11H10BrClFN3. The van der Waals surface area contributed by atoms with Crippen molar-refractivity contribution in [2.75, 3.05) is 0 Å². The van der Waals surface area contributed by atoms with E-state index in [0.717, 1.165) is 0 Å². The van der Waals surface area contributed by atoms with Gasteiger partial charge < -0.3 is 5.73 Å². The van der Waals surface area contributed by atoms with Gasteiger partial charge in [-0.2, -0.15) is 5.10 Å². The Morgan fingerprint density at radius 3 is 2.71 bits per heavy atom. The first-order valence-corrected chi connectivity index (χ1v) is 6.05. The van der Waals surface area contributed by atoms with E-state index in [4.69, 9.17) is 17.3 Å². The summed E-state index contributed by atoms with van der Waals surface area (Å²) in [7, 11) is 1.75. The highest BCUT2D eigenvalue weighted by Crippen LogP contribution is 2.28. The predicted molar refractivity (Wildman–Crippen MR) is 68.3 cm³/mol. The molecule has 1 aromatic heterocycles. The van der Waals surface area contributed by atoms with Crippen molar-refractivity contribution in [3.05, 3.63) is 51.0 Å². The molecule has 0 aliphatic heterocycles. The van der Waals surface area contributed by atoms with E-state index in [0.29, 0.717) is 20.8 Å². The first-order valence-electron chi connectivity index (χ1n) is 4.88. The van der Waals surface area contributed by atoms with Crippen molar-refractivity contribution >= 4 is 27.5 Å². The molecular weight excluding hydrogens is 308 g/mol. The zero-order valence-corrected chi connectivity index (χ0v) is 11.3. The molecule has 17 heavy (non-hydrogen) atoms. The second-order valence-corrected chi connectivity index (χ2v) is 5.00. The molecule has 90 valence electrons. The summed E-state index contributed by atoms with van der Waals surface area (Å²) in [6, 6.07) is 4.01. The number of aryl methyl sites for hydroxylation is 1. The predicted octanol–water partition coefficient (Wildman–Crippen LogP) is 3.02. The Balaban J connectivity index is 2.47. The molecule has 2 N–H and O–H groups in total. The molecule has 1 unspecified atom stereocenters. The Kier molecular flexibility index (Phi) is 3.51. The van der Waals surface area contributed by atoms with Crippen LogP contribution in [0.2, 0.25) is 5.02 Å². The average Bonchev–Trinajstić information content (AvgIpc) is 2.56. The van der Waals surface area contributed by atoms with Crippen LogP contribution in [0.15, 0.2) is 28.9 Å². The summed E-state index contributed by atoms with van der Waals surface area (Å²) in [5, 5.41) is 4.48. The fourth-order valence-corrected chi connectivity index (χ4v) is 2.45. The number of aromatic nitrogens is 2. The third kappa shape index (κ3) is 2.51. The maximum Gasteiger partial charge on any atom is 0.124 e. The highest BCUT2D eigenvalue weighted by Gasteiger charge is 2.18. The minimum atomic E-state index is -0.512. The Morgan fingerprint density at radius 2 is 2.18 bits per heavy atom. The average molecular weight is 319 g/mol. The van der Waals surface area contributed by atoms with E-state index in [-0.39, 0.29) is 5.82 Å². The highest BCUT2D eigenvalue weighted by molar-refractivity contribution is 9.10. The SMILES string of the molecule is Cn1ncc(Cl)c1C(N)c1cc(F)cc(Br)c1. The van der Waals surface area contributed by atoms with E-state index < -0.39 is 6.04 Å². The third-order valence-corrected chi connectivity index (χ3v) is 3.23. The molecule has 1 atom stereocenters. The number of nitrogens with zero attached hydrogens (tertiary/aromatic N) is 2. The molecule has 0 saturated heterocycles. The lowest BCUT2D eigenvalue weighted by Gasteiger charge is -2.13. The Hall–Kier alpha value is -0.910. The molecule has 0 bridgehead atoms. The van der Waals surface area contributed by atoms with Crippen LogP contribution in [0, 0.1) is 5.82 Å². The van der Waals surface area contributed by atoms with Crippen LogP contribution >= 0.6 is 27.5 Å². The van der Waals surface area contributed by atoms with Gasteiger partial charge in [-0.05, 0) is 23.8 Å². The van der Waals surface area contributed by atoms with Crippen LogP contribution in [0.1, 0.15) is 17.3 Å². The molecule has 0 fully saturated rings. The second-order valence-electron chi connectivity index (χ2n) is 3.68. The third-order valence-electron chi connectivity index (χ3n) is 2.48. The van der Waals surface area contributed by atoms with E-state index in [1.807, 2.05) is 0 Å². The quantitative estimate of drug-likeness (QED) is 0.925. The first-order chi connectivity index (χ1) is 7.99. The summed E-state index contributed by atoms with van der Waals surface area (Å²) in [4.78, 5) is 0. The molecule has 1 aromatic carbocycles. The van der Waals surface area contributed by atoms with Gasteiger partial charge in [0.15, 0.2) is 0 Å². The fourth-order valence-electron chi connectivity index (χ4n) is 1.68. The van der Waals surface area contributed by atoms with Crippen LogP contribution < -0.4 is 5.73 Å².